The van der Waals surface area contributed by atoms with Crippen molar-refractivity contribution >= 4 is 17.6 Å². The van der Waals surface area contributed by atoms with E-state index in [-0.39, 0.29) is 6.03 Å². The standard InChI is InChI=1S/C25H38N4O/c1-20-8-4-3-7-16-28-17-15-24(26-22-9-5-2-6-10-22)27-25(30)29(19-18-28)23-13-11-21(20)12-14-23/h11-14,20,22H,2-10,15-19H2,1H3,(H,26,27,30). The van der Waals surface area contributed by atoms with Crippen LogP contribution in [0.25, 0.3) is 0 Å². The van der Waals surface area contributed by atoms with Crippen LogP contribution < -0.4 is 10.2 Å². The van der Waals surface area contributed by atoms with Crippen molar-refractivity contribution in [3.05, 3.63) is 29.8 Å². The van der Waals surface area contributed by atoms with E-state index in [0.717, 1.165) is 37.6 Å². The zero-order valence-electron chi connectivity index (χ0n) is 18.6. The predicted octanol–water partition coefficient (Wildman–Crippen LogP) is 5.32. The first kappa shape index (κ1) is 21.4. The molecule has 5 rings (SSSR count). The highest BCUT2D eigenvalue weighted by Crippen LogP contribution is 2.26. The van der Waals surface area contributed by atoms with E-state index >= 15 is 0 Å². The smallest absolute Gasteiger partial charge is 0.349 e. The second kappa shape index (κ2) is 10.4. The quantitative estimate of drug-likeness (QED) is 0.682. The van der Waals surface area contributed by atoms with E-state index in [4.69, 9.17) is 0 Å². The highest BCUT2D eigenvalue weighted by molar-refractivity contribution is 6.01. The number of benzene rings is 1. The molecule has 1 N–H and O–H groups in total. The van der Waals surface area contributed by atoms with Crippen LogP contribution in [0.4, 0.5) is 10.5 Å². The van der Waals surface area contributed by atoms with Crippen LogP contribution in [0.5, 0.6) is 0 Å². The summed E-state index contributed by atoms with van der Waals surface area (Å²) >= 11 is 0. The first-order valence-corrected chi connectivity index (χ1v) is 12.2. The second-order valence-electron chi connectivity index (χ2n) is 9.41. The third kappa shape index (κ3) is 5.63. The van der Waals surface area contributed by atoms with Gasteiger partial charge in [0.15, 0.2) is 0 Å². The van der Waals surface area contributed by atoms with Gasteiger partial charge in [-0.1, -0.05) is 51.2 Å². The highest BCUT2D eigenvalue weighted by atomic mass is 16.2. The third-order valence-corrected chi connectivity index (χ3v) is 7.13. The molecule has 2 unspecified atom stereocenters. The predicted molar refractivity (Wildman–Crippen MR) is 125 cm³/mol. The Balaban J connectivity index is 1.59. The molecule has 2 atom stereocenters. The Morgan fingerprint density at radius 3 is 2.40 bits per heavy atom. The molecule has 5 heteroatoms. The van der Waals surface area contributed by atoms with Crippen LogP contribution in [0.15, 0.2) is 29.3 Å². The number of rotatable bonds is 1. The lowest BCUT2D eigenvalue weighted by molar-refractivity contribution is 0.250. The number of nitrogens with zero attached hydrogens (tertiary/aromatic N) is 3. The summed E-state index contributed by atoms with van der Waals surface area (Å²) in [6.45, 7) is 6.03. The van der Waals surface area contributed by atoms with Gasteiger partial charge in [0.25, 0.3) is 0 Å². The molecule has 5 nitrogen and oxygen atoms in total. The van der Waals surface area contributed by atoms with Crippen molar-refractivity contribution in [2.75, 3.05) is 31.1 Å². The molecule has 1 aromatic carbocycles. The number of aliphatic imine (C=N–C) groups is 1. The van der Waals surface area contributed by atoms with Crippen molar-refractivity contribution in [2.45, 2.75) is 83.1 Å². The summed E-state index contributed by atoms with van der Waals surface area (Å²) in [4.78, 5) is 22.2. The molecule has 1 fully saturated rings. The lowest BCUT2D eigenvalue weighted by atomic mass is 9.94. The number of carbonyl (C=O) groups excluding carboxylic acids is 1. The Labute approximate surface area is 181 Å². The molecule has 2 amide bonds. The van der Waals surface area contributed by atoms with E-state index in [0.29, 0.717) is 18.5 Å². The molecule has 0 aromatic heterocycles. The van der Waals surface area contributed by atoms with Crippen molar-refractivity contribution in [3.63, 3.8) is 0 Å². The molecular weight excluding hydrogens is 372 g/mol. The first-order valence-electron chi connectivity index (χ1n) is 12.2. The van der Waals surface area contributed by atoms with E-state index < -0.39 is 0 Å². The number of amidine groups is 1. The molecule has 1 saturated carbocycles. The minimum Gasteiger partial charge on any atom is -0.371 e. The number of hydrogen-bond acceptors (Lipinski definition) is 3. The van der Waals surface area contributed by atoms with Gasteiger partial charge in [-0.05, 0) is 55.8 Å². The Morgan fingerprint density at radius 2 is 1.60 bits per heavy atom. The van der Waals surface area contributed by atoms with Gasteiger partial charge in [0.1, 0.15) is 5.84 Å². The first-order chi connectivity index (χ1) is 14.7. The highest BCUT2D eigenvalue weighted by Gasteiger charge is 2.23. The Kier molecular flexibility index (Phi) is 7.42. The largest absolute Gasteiger partial charge is 0.371 e. The molecule has 1 aliphatic carbocycles. The summed E-state index contributed by atoms with van der Waals surface area (Å²) in [5, 5.41) is 3.64. The molecule has 3 heterocycles. The van der Waals surface area contributed by atoms with Gasteiger partial charge in [0.05, 0.1) is 0 Å². The monoisotopic (exact) mass is 410 g/mol. The fraction of sp³-hybridized carbons (Fsp3) is 0.680. The van der Waals surface area contributed by atoms with Crippen LogP contribution in [-0.2, 0) is 0 Å². The van der Waals surface area contributed by atoms with Gasteiger partial charge >= 0.3 is 6.03 Å². The normalized spacial score (nSPS) is 28.8. The van der Waals surface area contributed by atoms with Crippen LogP contribution in [0.3, 0.4) is 0 Å². The molecule has 30 heavy (non-hydrogen) atoms. The topological polar surface area (TPSA) is 47.9 Å². The summed E-state index contributed by atoms with van der Waals surface area (Å²) < 4.78 is 0. The maximum atomic E-state index is 13.2. The lowest BCUT2D eigenvalue weighted by Crippen LogP contribution is -2.38. The van der Waals surface area contributed by atoms with E-state index in [1.165, 1.54) is 63.4 Å². The molecule has 164 valence electrons. The Bertz CT molecular complexity index is 723. The van der Waals surface area contributed by atoms with Gasteiger partial charge < -0.3 is 10.2 Å². The van der Waals surface area contributed by atoms with Crippen LogP contribution in [0.1, 0.15) is 82.6 Å². The number of urea groups is 1. The maximum Gasteiger partial charge on any atom is 0.349 e. The summed E-state index contributed by atoms with van der Waals surface area (Å²) in [5.74, 6) is 1.46. The van der Waals surface area contributed by atoms with Gasteiger partial charge in [-0.25, -0.2) is 4.79 Å². The van der Waals surface area contributed by atoms with Crippen molar-refractivity contribution in [2.24, 2.45) is 4.99 Å². The number of amides is 2. The summed E-state index contributed by atoms with van der Waals surface area (Å²) in [6.07, 6.45) is 12.2. The van der Waals surface area contributed by atoms with E-state index in [1.807, 2.05) is 4.90 Å². The van der Waals surface area contributed by atoms with Crippen LogP contribution in [-0.4, -0.2) is 49.0 Å². The fourth-order valence-electron chi connectivity index (χ4n) is 5.11. The molecule has 3 aliphatic heterocycles. The number of fused-ring (bicyclic) bond motifs is 7. The third-order valence-electron chi connectivity index (χ3n) is 7.13. The lowest BCUT2D eigenvalue weighted by Gasteiger charge is -2.26. The van der Waals surface area contributed by atoms with Gasteiger partial charge in [-0.3, -0.25) is 4.90 Å². The maximum absolute atomic E-state index is 13.2. The summed E-state index contributed by atoms with van der Waals surface area (Å²) in [6, 6.07) is 8.98. The molecule has 0 radical (unpaired) electrons. The van der Waals surface area contributed by atoms with Crippen molar-refractivity contribution in [1.29, 1.82) is 0 Å². The number of nitrogens with one attached hydrogen (secondary N) is 1. The van der Waals surface area contributed by atoms with E-state index in [2.05, 4.69) is 46.4 Å². The molecule has 0 saturated heterocycles. The van der Waals surface area contributed by atoms with Crippen LogP contribution in [0.2, 0.25) is 0 Å². The van der Waals surface area contributed by atoms with Crippen LogP contribution in [0, 0.1) is 0 Å². The van der Waals surface area contributed by atoms with Gasteiger partial charge in [0.2, 0.25) is 0 Å². The number of hydrogen-bond donors (Lipinski definition) is 1. The van der Waals surface area contributed by atoms with Crippen molar-refractivity contribution in [3.8, 4) is 0 Å². The number of carbonyl (C=O) groups is 1. The molecular formula is C25H38N4O. The minimum atomic E-state index is -0.122. The number of anilines is 1. The summed E-state index contributed by atoms with van der Waals surface area (Å²) in [5.41, 5.74) is 2.34. The van der Waals surface area contributed by atoms with Crippen LogP contribution >= 0.6 is 0 Å². The van der Waals surface area contributed by atoms with E-state index in [1.54, 1.807) is 0 Å². The zero-order chi connectivity index (χ0) is 20.8. The molecule has 0 spiro atoms. The molecule has 4 aliphatic rings. The van der Waals surface area contributed by atoms with Gasteiger partial charge in [-0.2, -0.15) is 4.99 Å². The average molecular weight is 411 g/mol. The Hall–Kier alpha value is -1.88. The fourth-order valence-corrected chi connectivity index (χ4v) is 5.11. The van der Waals surface area contributed by atoms with Crippen molar-refractivity contribution < 1.29 is 4.79 Å². The SMILES string of the molecule is CC1CCCCCN2CC/C(NC3CCCCC3)=N\C(=O)N(CC2)c2ccc1cc2. The second-order valence-corrected chi connectivity index (χ2v) is 9.41. The molecule has 1 aromatic rings. The Morgan fingerprint density at radius 1 is 0.867 bits per heavy atom. The summed E-state index contributed by atoms with van der Waals surface area (Å²) in [7, 11) is 0. The van der Waals surface area contributed by atoms with Crippen molar-refractivity contribution in [1.82, 2.24) is 10.2 Å². The van der Waals surface area contributed by atoms with Gasteiger partial charge in [0, 0.05) is 37.8 Å². The van der Waals surface area contributed by atoms with Gasteiger partial charge in [-0.15, -0.1) is 0 Å². The van der Waals surface area contributed by atoms with E-state index in [9.17, 15) is 4.79 Å². The minimum absolute atomic E-state index is 0.122. The zero-order valence-corrected chi connectivity index (χ0v) is 18.6. The average Bonchev–Trinajstić information content (AvgIpc) is 2.83. The molecule has 4 bridgehead atoms.